The quantitative estimate of drug-likeness (QED) is 0.329. The summed E-state index contributed by atoms with van der Waals surface area (Å²) in [5.41, 5.74) is 0.867. The van der Waals surface area contributed by atoms with Crippen molar-refractivity contribution in [3.63, 3.8) is 0 Å². The van der Waals surface area contributed by atoms with Gasteiger partial charge in [-0.1, -0.05) is 0 Å². The number of hydrogen-bond acceptors (Lipinski definition) is 8. The molecule has 0 radical (unpaired) electrons. The lowest BCUT2D eigenvalue weighted by Gasteiger charge is -2.08. The van der Waals surface area contributed by atoms with Crippen LogP contribution in [0.25, 0.3) is 11.4 Å². The van der Waals surface area contributed by atoms with Crippen LogP contribution in [0.1, 0.15) is 16.1 Å². The van der Waals surface area contributed by atoms with Gasteiger partial charge in [0.25, 0.3) is 5.91 Å². The molecule has 0 aliphatic heterocycles. The predicted molar refractivity (Wildman–Crippen MR) is 122 cm³/mol. The highest BCUT2D eigenvalue weighted by Gasteiger charge is 2.17. The maximum atomic E-state index is 12.6. The summed E-state index contributed by atoms with van der Waals surface area (Å²) in [7, 11) is -0.696. The van der Waals surface area contributed by atoms with Crippen molar-refractivity contribution in [2.45, 2.75) is 11.4 Å². The van der Waals surface area contributed by atoms with Crippen molar-refractivity contribution >= 4 is 21.9 Å². The molecule has 0 aliphatic rings. The lowest BCUT2D eigenvalue weighted by molar-refractivity contribution is 0.102. The lowest BCUT2D eigenvalue weighted by atomic mass is 10.2. The average molecular weight is 484 g/mol. The minimum atomic E-state index is -3.77. The van der Waals surface area contributed by atoms with Crippen molar-refractivity contribution in [3.05, 3.63) is 72.2 Å². The summed E-state index contributed by atoms with van der Waals surface area (Å²) in [5.74, 6) is 1.56. The summed E-state index contributed by atoms with van der Waals surface area (Å²) in [6.07, 6.45) is 1.46. The zero-order valence-electron chi connectivity index (χ0n) is 18.2. The number of rotatable bonds is 9. The Hall–Kier alpha value is -4.16. The Balaban J connectivity index is 1.43. The molecular formula is C22H21N5O6S. The van der Waals surface area contributed by atoms with Gasteiger partial charge in [-0.3, -0.25) is 15.2 Å². The Morgan fingerprint density at radius 3 is 2.56 bits per heavy atom. The molecule has 11 nitrogen and oxygen atoms in total. The second kappa shape index (κ2) is 9.77. The van der Waals surface area contributed by atoms with Crippen LogP contribution in [0.15, 0.2) is 70.2 Å². The van der Waals surface area contributed by atoms with Crippen molar-refractivity contribution in [3.8, 4) is 22.9 Å². The number of furan rings is 1. The van der Waals surface area contributed by atoms with Crippen LogP contribution in [0.2, 0.25) is 0 Å². The van der Waals surface area contributed by atoms with Gasteiger partial charge in [-0.15, -0.1) is 5.10 Å². The van der Waals surface area contributed by atoms with Gasteiger partial charge >= 0.3 is 0 Å². The molecular weight excluding hydrogens is 462 g/mol. The summed E-state index contributed by atoms with van der Waals surface area (Å²) >= 11 is 0. The molecule has 176 valence electrons. The summed E-state index contributed by atoms with van der Waals surface area (Å²) in [5, 5.41) is 9.34. The van der Waals surface area contributed by atoms with Gasteiger partial charge in [-0.05, 0) is 48.5 Å². The van der Waals surface area contributed by atoms with Gasteiger partial charge < -0.3 is 13.9 Å². The van der Waals surface area contributed by atoms with Crippen LogP contribution in [0, 0.1) is 0 Å². The van der Waals surface area contributed by atoms with Gasteiger partial charge in [0.2, 0.25) is 16.0 Å². The van der Waals surface area contributed by atoms with Gasteiger partial charge in [-0.2, -0.15) is 4.98 Å². The van der Waals surface area contributed by atoms with E-state index >= 15 is 0 Å². The van der Waals surface area contributed by atoms with Crippen LogP contribution < -0.4 is 19.5 Å². The highest BCUT2D eigenvalue weighted by Crippen LogP contribution is 2.31. The number of anilines is 1. The third-order valence-electron chi connectivity index (χ3n) is 4.82. The molecule has 12 heteroatoms. The molecule has 4 rings (SSSR count). The normalized spacial score (nSPS) is 11.2. The number of aromatic amines is 1. The molecule has 1 amide bonds. The molecule has 2 heterocycles. The molecule has 34 heavy (non-hydrogen) atoms. The van der Waals surface area contributed by atoms with E-state index in [0.29, 0.717) is 28.6 Å². The highest BCUT2D eigenvalue weighted by atomic mass is 32.2. The maximum absolute atomic E-state index is 12.6. The van der Waals surface area contributed by atoms with Crippen LogP contribution >= 0.6 is 0 Å². The summed E-state index contributed by atoms with van der Waals surface area (Å²) in [4.78, 5) is 16.9. The molecule has 0 saturated heterocycles. The molecule has 0 atom stereocenters. The number of nitrogens with zero attached hydrogens (tertiary/aromatic N) is 2. The minimum Gasteiger partial charge on any atom is -0.497 e. The van der Waals surface area contributed by atoms with Gasteiger partial charge in [0.15, 0.2) is 5.82 Å². The van der Waals surface area contributed by atoms with Gasteiger partial charge in [-0.25, -0.2) is 13.1 Å². The fraction of sp³-hybridized carbons (Fsp3) is 0.136. The zero-order chi connectivity index (χ0) is 24.1. The minimum absolute atomic E-state index is 0.0161. The first-order valence-electron chi connectivity index (χ1n) is 9.98. The Bertz CT molecular complexity index is 1380. The number of ether oxygens (including phenoxy) is 2. The van der Waals surface area contributed by atoms with E-state index in [1.165, 1.54) is 37.6 Å². The number of methoxy groups -OCH3 is 2. The summed E-state index contributed by atoms with van der Waals surface area (Å²) in [6, 6.07) is 14.0. The van der Waals surface area contributed by atoms with E-state index in [4.69, 9.17) is 13.9 Å². The molecule has 0 unspecified atom stereocenters. The lowest BCUT2D eigenvalue weighted by Crippen LogP contribution is -2.23. The largest absolute Gasteiger partial charge is 0.497 e. The first-order valence-corrected chi connectivity index (χ1v) is 11.5. The molecule has 2 aromatic heterocycles. The van der Waals surface area contributed by atoms with Gasteiger partial charge in [0.05, 0.1) is 37.5 Å². The van der Waals surface area contributed by atoms with E-state index in [-0.39, 0.29) is 23.0 Å². The monoisotopic (exact) mass is 483 g/mol. The van der Waals surface area contributed by atoms with E-state index in [0.717, 1.165) is 0 Å². The zero-order valence-corrected chi connectivity index (χ0v) is 19.0. The highest BCUT2D eigenvalue weighted by molar-refractivity contribution is 7.89. The maximum Gasteiger partial charge on any atom is 0.258 e. The van der Waals surface area contributed by atoms with Crippen LogP contribution in [-0.2, 0) is 16.6 Å². The molecule has 0 bridgehead atoms. The first-order chi connectivity index (χ1) is 16.4. The predicted octanol–water partition coefficient (Wildman–Crippen LogP) is 2.81. The number of nitrogens with one attached hydrogen (secondary N) is 3. The smallest absolute Gasteiger partial charge is 0.258 e. The number of sulfonamides is 1. The fourth-order valence-corrected chi connectivity index (χ4v) is 4.05. The molecule has 4 aromatic rings. The Morgan fingerprint density at radius 1 is 1.09 bits per heavy atom. The summed E-state index contributed by atoms with van der Waals surface area (Å²) < 4.78 is 43.0. The van der Waals surface area contributed by atoms with E-state index in [1.807, 2.05) is 0 Å². The second-order valence-corrected chi connectivity index (χ2v) is 8.72. The van der Waals surface area contributed by atoms with Crippen LogP contribution in [0.5, 0.6) is 11.5 Å². The van der Waals surface area contributed by atoms with Crippen molar-refractivity contribution in [1.82, 2.24) is 19.9 Å². The third-order valence-corrected chi connectivity index (χ3v) is 6.24. The number of carbonyl (C=O) groups excluding carboxylic acids is 1. The average Bonchev–Trinajstić information content (AvgIpc) is 3.55. The second-order valence-electron chi connectivity index (χ2n) is 6.96. The topological polar surface area (TPSA) is 148 Å². The van der Waals surface area contributed by atoms with E-state index in [2.05, 4.69) is 25.2 Å². The number of amides is 1. The third kappa shape index (κ3) is 5.08. The van der Waals surface area contributed by atoms with Crippen molar-refractivity contribution in [2.24, 2.45) is 0 Å². The van der Waals surface area contributed by atoms with Gasteiger partial charge in [0, 0.05) is 11.6 Å². The standard InChI is InChI=1S/C22H21N5O6S/c1-31-15-7-10-18(19(12-15)32-2)20-24-22(27-26-20)25-21(28)14-5-8-17(9-6-14)34(29,30)23-13-16-4-3-11-33-16/h3-12,23H,13H2,1-2H3,(H2,24,25,26,27,28). The number of hydrogen-bond donors (Lipinski definition) is 3. The van der Waals surface area contributed by atoms with E-state index < -0.39 is 15.9 Å². The van der Waals surface area contributed by atoms with Crippen LogP contribution in [0.3, 0.4) is 0 Å². The Kier molecular flexibility index (Phi) is 6.61. The molecule has 3 N–H and O–H groups in total. The number of carbonyl (C=O) groups is 1. The molecule has 2 aromatic carbocycles. The molecule has 0 spiro atoms. The van der Waals surface area contributed by atoms with Crippen molar-refractivity contribution in [2.75, 3.05) is 19.5 Å². The van der Waals surface area contributed by atoms with E-state index in [9.17, 15) is 13.2 Å². The molecule has 0 saturated carbocycles. The number of benzene rings is 2. The first kappa shape index (κ1) is 23.0. The Labute approximate surface area is 195 Å². The Morgan fingerprint density at radius 2 is 1.88 bits per heavy atom. The fourth-order valence-electron chi connectivity index (χ4n) is 3.05. The van der Waals surface area contributed by atoms with Crippen LogP contribution in [0.4, 0.5) is 5.95 Å². The molecule has 0 aliphatic carbocycles. The van der Waals surface area contributed by atoms with Crippen molar-refractivity contribution < 1.29 is 27.1 Å². The SMILES string of the molecule is COc1ccc(-c2nc(NC(=O)c3ccc(S(=O)(=O)NCc4ccco4)cc3)n[nH]2)c(OC)c1. The summed E-state index contributed by atoms with van der Waals surface area (Å²) in [6.45, 7) is 0.0176. The number of H-pyrrole nitrogens is 1. The number of aromatic nitrogens is 3. The molecule has 0 fully saturated rings. The van der Waals surface area contributed by atoms with Crippen molar-refractivity contribution in [1.29, 1.82) is 0 Å². The van der Waals surface area contributed by atoms with Gasteiger partial charge in [0.1, 0.15) is 17.3 Å². The van der Waals surface area contributed by atoms with E-state index in [1.54, 1.807) is 37.4 Å². The van der Waals surface area contributed by atoms with Crippen LogP contribution in [-0.4, -0.2) is 43.7 Å².